The molecule has 0 N–H and O–H groups in total. The van der Waals surface area contributed by atoms with E-state index in [0.29, 0.717) is 6.10 Å². The highest BCUT2D eigenvalue weighted by Gasteiger charge is 2.24. The highest BCUT2D eigenvalue weighted by atomic mass is 16.5. The van der Waals surface area contributed by atoms with Crippen molar-refractivity contribution in [1.29, 1.82) is 0 Å². The van der Waals surface area contributed by atoms with Crippen LogP contribution in [0.2, 0.25) is 0 Å². The Hall–Kier alpha value is -1.08. The lowest BCUT2D eigenvalue weighted by Gasteiger charge is -2.14. The third-order valence-electron chi connectivity index (χ3n) is 2.77. The van der Waals surface area contributed by atoms with Crippen LogP contribution in [0.25, 0.3) is 5.57 Å². The molecule has 74 valence electrons. The summed E-state index contributed by atoms with van der Waals surface area (Å²) in [5, 5.41) is 0. The monoisotopic (exact) mass is 188 g/mol. The molecule has 0 spiro atoms. The van der Waals surface area contributed by atoms with Gasteiger partial charge in [0.1, 0.15) is 0 Å². The molecule has 1 aromatic carbocycles. The predicted molar refractivity (Wildman–Crippen MR) is 59.0 cm³/mol. The molecule has 1 heterocycles. The van der Waals surface area contributed by atoms with Gasteiger partial charge in [-0.3, -0.25) is 0 Å². The maximum absolute atomic E-state index is 5.78. The van der Waals surface area contributed by atoms with E-state index in [-0.39, 0.29) is 6.10 Å². The van der Waals surface area contributed by atoms with E-state index in [1.807, 2.05) is 18.2 Å². The van der Waals surface area contributed by atoms with Crippen LogP contribution in [0.1, 0.15) is 25.3 Å². The lowest BCUT2D eigenvalue weighted by molar-refractivity contribution is 0.0888. The number of benzene rings is 1. The van der Waals surface area contributed by atoms with Crippen molar-refractivity contribution in [3.05, 3.63) is 42.5 Å². The van der Waals surface area contributed by atoms with Crippen LogP contribution < -0.4 is 0 Å². The van der Waals surface area contributed by atoms with Gasteiger partial charge in [-0.15, -0.1) is 0 Å². The Morgan fingerprint density at radius 2 is 2.00 bits per heavy atom. The first-order valence-electron chi connectivity index (χ1n) is 5.17. The zero-order valence-electron chi connectivity index (χ0n) is 8.57. The van der Waals surface area contributed by atoms with Crippen LogP contribution in [0, 0.1) is 0 Å². The first-order chi connectivity index (χ1) is 6.77. The molecule has 0 aliphatic carbocycles. The largest absolute Gasteiger partial charge is 0.371 e. The van der Waals surface area contributed by atoms with Gasteiger partial charge < -0.3 is 4.74 Å². The minimum Gasteiger partial charge on any atom is -0.371 e. The summed E-state index contributed by atoms with van der Waals surface area (Å²) in [6.45, 7) is 6.24. The third-order valence-corrected chi connectivity index (χ3v) is 2.77. The Bertz CT molecular complexity index is 315. The summed E-state index contributed by atoms with van der Waals surface area (Å²) in [6, 6.07) is 10.3. The fourth-order valence-electron chi connectivity index (χ4n) is 1.90. The third kappa shape index (κ3) is 1.88. The molecule has 1 aliphatic rings. The summed E-state index contributed by atoms with van der Waals surface area (Å²) in [6.07, 6.45) is 2.87. The normalized spacial score (nSPS) is 26.4. The molecule has 2 rings (SSSR count). The van der Waals surface area contributed by atoms with Crippen molar-refractivity contribution < 1.29 is 4.74 Å². The molecule has 1 aromatic rings. The zero-order valence-corrected chi connectivity index (χ0v) is 8.57. The van der Waals surface area contributed by atoms with Gasteiger partial charge in [0.05, 0.1) is 12.2 Å². The Morgan fingerprint density at radius 1 is 1.29 bits per heavy atom. The topological polar surface area (TPSA) is 9.23 Å². The lowest BCUT2D eigenvalue weighted by atomic mass is 10.0. The minimum atomic E-state index is 0.229. The summed E-state index contributed by atoms with van der Waals surface area (Å²) in [4.78, 5) is 0. The lowest BCUT2D eigenvalue weighted by Crippen LogP contribution is -2.09. The van der Waals surface area contributed by atoms with E-state index in [1.165, 1.54) is 5.56 Å². The minimum absolute atomic E-state index is 0.229. The second kappa shape index (κ2) is 3.97. The van der Waals surface area contributed by atoms with E-state index in [4.69, 9.17) is 4.74 Å². The van der Waals surface area contributed by atoms with Crippen molar-refractivity contribution in [3.63, 3.8) is 0 Å². The average Bonchev–Trinajstić information content (AvgIpc) is 2.65. The van der Waals surface area contributed by atoms with Gasteiger partial charge in [0.2, 0.25) is 0 Å². The Balaban J connectivity index is 2.10. The molecule has 1 nitrogen and oxygen atoms in total. The summed E-state index contributed by atoms with van der Waals surface area (Å²) in [5.74, 6) is 0. The summed E-state index contributed by atoms with van der Waals surface area (Å²) < 4.78 is 5.78. The van der Waals surface area contributed by atoms with Crippen molar-refractivity contribution in [2.24, 2.45) is 0 Å². The van der Waals surface area contributed by atoms with Crippen LogP contribution in [0.15, 0.2) is 36.9 Å². The van der Waals surface area contributed by atoms with Gasteiger partial charge in [-0.05, 0) is 30.9 Å². The van der Waals surface area contributed by atoms with Crippen LogP contribution in [-0.2, 0) is 4.74 Å². The molecule has 0 saturated carbocycles. The van der Waals surface area contributed by atoms with Gasteiger partial charge in [-0.2, -0.15) is 0 Å². The van der Waals surface area contributed by atoms with Crippen LogP contribution in [-0.4, -0.2) is 12.2 Å². The van der Waals surface area contributed by atoms with E-state index < -0.39 is 0 Å². The molecule has 1 aliphatic heterocycles. The van der Waals surface area contributed by atoms with Gasteiger partial charge in [0, 0.05) is 0 Å². The summed E-state index contributed by atoms with van der Waals surface area (Å²) in [7, 11) is 0. The standard InChI is InChI=1S/C13H16O/c1-10-8-9-13(14-10)11(2)12-6-4-3-5-7-12/h3-7,10,13H,2,8-9H2,1H3/t10-,13+/m1/s1. The first-order valence-corrected chi connectivity index (χ1v) is 5.17. The molecular formula is C13H16O. The van der Waals surface area contributed by atoms with Gasteiger partial charge in [0.15, 0.2) is 0 Å². The molecule has 0 radical (unpaired) electrons. The molecule has 0 bridgehead atoms. The van der Waals surface area contributed by atoms with Crippen molar-refractivity contribution in [2.45, 2.75) is 32.0 Å². The number of hydrogen-bond acceptors (Lipinski definition) is 1. The van der Waals surface area contributed by atoms with Crippen molar-refractivity contribution in [3.8, 4) is 0 Å². The molecule has 14 heavy (non-hydrogen) atoms. The van der Waals surface area contributed by atoms with E-state index in [2.05, 4.69) is 25.6 Å². The molecule has 0 unspecified atom stereocenters. The SMILES string of the molecule is C=C(c1ccccc1)[C@@H]1CC[C@@H](C)O1. The van der Waals surface area contributed by atoms with Gasteiger partial charge in [0.25, 0.3) is 0 Å². The number of ether oxygens (including phenoxy) is 1. The second-order valence-electron chi connectivity index (χ2n) is 3.90. The molecule has 1 fully saturated rings. The van der Waals surface area contributed by atoms with Crippen LogP contribution in [0.5, 0.6) is 0 Å². The van der Waals surface area contributed by atoms with E-state index in [0.717, 1.165) is 18.4 Å². The average molecular weight is 188 g/mol. The van der Waals surface area contributed by atoms with Crippen LogP contribution in [0.4, 0.5) is 0 Å². The predicted octanol–water partition coefficient (Wildman–Crippen LogP) is 3.27. The number of rotatable bonds is 2. The molecule has 0 amide bonds. The fraction of sp³-hybridized carbons (Fsp3) is 0.385. The highest BCUT2D eigenvalue weighted by molar-refractivity contribution is 5.66. The quantitative estimate of drug-likeness (QED) is 0.692. The smallest absolute Gasteiger partial charge is 0.0829 e. The van der Waals surface area contributed by atoms with Crippen LogP contribution in [0.3, 0.4) is 0 Å². The van der Waals surface area contributed by atoms with E-state index in [9.17, 15) is 0 Å². The van der Waals surface area contributed by atoms with Crippen LogP contribution >= 0.6 is 0 Å². The van der Waals surface area contributed by atoms with E-state index in [1.54, 1.807) is 0 Å². The Kier molecular flexibility index (Phi) is 2.69. The highest BCUT2D eigenvalue weighted by Crippen LogP contribution is 2.29. The maximum Gasteiger partial charge on any atom is 0.0829 e. The Morgan fingerprint density at radius 3 is 2.57 bits per heavy atom. The first kappa shape index (κ1) is 9.47. The fourth-order valence-corrected chi connectivity index (χ4v) is 1.90. The van der Waals surface area contributed by atoms with Gasteiger partial charge in [-0.25, -0.2) is 0 Å². The Labute approximate surface area is 85.4 Å². The molecule has 1 saturated heterocycles. The molecule has 2 atom stereocenters. The van der Waals surface area contributed by atoms with Gasteiger partial charge in [-0.1, -0.05) is 36.9 Å². The van der Waals surface area contributed by atoms with Crippen molar-refractivity contribution >= 4 is 5.57 Å². The van der Waals surface area contributed by atoms with Crippen molar-refractivity contribution in [2.75, 3.05) is 0 Å². The molecule has 0 aromatic heterocycles. The zero-order chi connectivity index (χ0) is 9.97. The molecule has 1 heteroatoms. The molecular weight excluding hydrogens is 172 g/mol. The van der Waals surface area contributed by atoms with E-state index >= 15 is 0 Å². The second-order valence-corrected chi connectivity index (χ2v) is 3.90. The van der Waals surface area contributed by atoms with Gasteiger partial charge >= 0.3 is 0 Å². The summed E-state index contributed by atoms with van der Waals surface area (Å²) >= 11 is 0. The summed E-state index contributed by atoms with van der Waals surface area (Å²) in [5.41, 5.74) is 2.32. The van der Waals surface area contributed by atoms with Crippen molar-refractivity contribution in [1.82, 2.24) is 0 Å². The maximum atomic E-state index is 5.78. The number of hydrogen-bond donors (Lipinski definition) is 0.